The summed E-state index contributed by atoms with van der Waals surface area (Å²) in [6.45, 7) is -0.210. The van der Waals surface area contributed by atoms with Gasteiger partial charge in [-0.25, -0.2) is 25.5 Å². The Morgan fingerprint density at radius 1 is 0.733 bits per heavy atom. The van der Waals surface area contributed by atoms with E-state index in [0.29, 0.717) is 21.1 Å². The molecule has 0 atom stereocenters. The van der Waals surface area contributed by atoms with Crippen LogP contribution in [0.5, 0.6) is 0 Å². The molecule has 1 heterocycles. The number of rotatable bonds is 6. The third kappa shape index (κ3) is 3.69. The molecule has 1 N–H and O–H groups in total. The molecule has 0 fully saturated rings. The second-order valence-electron chi connectivity index (χ2n) is 6.50. The van der Waals surface area contributed by atoms with E-state index in [9.17, 15) is 16.8 Å². The fourth-order valence-corrected chi connectivity index (χ4v) is 6.55. The number of hydrogen-bond acceptors (Lipinski definition) is 4. The Morgan fingerprint density at radius 2 is 1.27 bits per heavy atom. The monoisotopic (exact) mass is 504 g/mol. The fraction of sp³-hybridized carbons (Fsp3) is 0.0476. The van der Waals surface area contributed by atoms with Crippen LogP contribution in [-0.4, -0.2) is 20.8 Å². The Hall–Kier alpha value is -2.46. The van der Waals surface area contributed by atoms with E-state index in [4.69, 9.17) is 0 Å². The van der Waals surface area contributed by atoms with Gasteiger partial charge in [0, 0.05) is 9.86 Å². The molecule has 0 bridgehead atoms. The van der Waals surface area contributed by atoms with Gasteiger partial charge < -0.3 is 0 Å². The Labute approximate surface area is 183 Å². The second kappa shape index (κ2) is 7.99. The summed E-state index contributed by atoms with van der Waals surface area (Å²) < 4.78 is 56.5. The predicted octanol–water partition coefficient (Wildman–Crippen LogP) is 4.12. The van der Waals surface area contributed by atoms with Crippen LogP contribution in [-0.2, 0) is 26.6 Å². The van der Waals surface area contributed by atoms with E-state index in [2.05, 4.69) is 20.7 Å². The number of hydrogen-bond donors (Lipinski definition) is 1. The maximum Gasteiger partial charge on any atom is 0.268 e. The van der Waals surface area contributed by atoms with Gasteiger partial charge in [-0.2, -0.15) is 0 Å². The van der Waals surface area contributed by atoms with Gasteiger partial charge in [-0.15, -0.1) is 0 Å². The number of para-hydroxylation sites is 1. The van der Waals surface area contributed by atoms with Gasteiger partial charge >= 0.3 is 0 Å². The minimum atomic E-state index is -3.96. The summed E-state index contributed by atoms with van der Waals surface area (Å²) in [6.07, 6.45) is 0. The molecule has 0 saturated carbocycles. The summed E-state index contributed by atoms with van der Waals surface area (Å²) in [5.74, 6) is 0. The van der Waals surface area contributed by atoms with Crippen LogP contribution in [0, 0.1) is 0 Å². The average Bonchev–Trinajstić information content (AvgIpc) is 3.06. The first-order valence-electron chi connectivity index (χ1n) is 8.95. The first kappa shape index (κ1) is 20.8. The molecular formula is C21H17BrN2O4S2. The highest BCUT2D eigenvalue weighted by atomic mass is 79.9. The molecule has 0 unspecified atom stereocenters. The molecule has 6 nitrogen and oxygen atoms in total. The highest BCUT2D eigenvalue weighted by Crippen LogP contribution is 2.34. The fourth-order valence-electron chi connectivity index (χ4n) is 3.19. The normalized spacial score (nSPS) is 12.3. The molecule has 154 valence electrons. The number of aromatic nitrogens is 1. The molecule has 3 aromatic carbocycles. The van der Waals surface area contributed by atoms with Crippen molar-refractivity contribution in [1.82, 2.24) is 8.69 Å². The summed E-state index contributed by atoms with van der Waals surface area (Å²) in [4.78, 5) is 0.222. The van der Waals surface area contributed by atoms with Gasteiger partial charge in [0.15, 0.2) is 0 Å². The van der Waals surface area contributed by atoms with Crippen molar-refractivity contribution >= 4 is 46.9 Å². The maximum absolute atomic E-state index is 13.4. The minimum absolute atomic E-state index is 0.106. The van der Waals surface area contributed by atoms with Crippen molar-refractivity contribution < 1.29 is 16.8 Å². The van der Waals surface area contributed by atoms with Crippen molar-refractivity contribution in [3.05, 3.63) is 95.1 Å². The van der Waals surface area contributed by atoms with Crippen molar-refractivity contribution in [3.63, 3.8) is 0 Å². The molecule has 0 saturated heterocycles. The molecule has 0 aliphatic heterocycles. The Kier molecular flexibility index (Phi) is 5.54. The van der Waals surface area contributed by atoms with E-state index in [1.807, 2.05) is 0 Å². The van der Waals surface area contributed by atoms with E-state index < -0.39 is 20.0 Å². The van der Waals surface area contributed by atoms with Crippen molar-refractivity contribution in [2.45, 2.75) is 16.3 Å². The van der Waals surface area contributed by atoms with Gasteiger partial charge in [-0.05, 0) is 46.3 Å². The highest BCUT2D eigenvalue weighted by molar-refractivity contribution is 9.10. The van der Waals surface area contributed by atoms with Gasteiger partial charge in [-0.3, -0.25) is 0 Å². The predicted molar refractivity (Wildman–Crippen MR) is 119 cm³/mol. The summed E-state index contributed by atoms with van der Waals surface area (Å²) in [5.41, 5.74) is 0.752. The first-order chi connectivity index (χ1) is 14.3. The standard InChI is InChI=1S/C21H17BrN2O4S2/c22-21-18-13-7-8-14-19(18)24(30(27,28)17-11-5-2-6-12-17)20(21)15-23-29(25,26)16-9-3-1-4-10-16/h1-14,23H,15H2. The molecule has 0 aliphatic carbocycles. The van der Waals surface area contributed by atoms with Crippen LogP contribution in [0.4, 0.5) is 0 Å². The molecule has 30 heavy (non-hydrogen) atoms. The molecule has 0 spiro atoms. The third-order valence-corrected chi connectivity index (χ3v) is 8.69. The van der Waals surface area contributed by atoms with E-state index in [-0.39, 0.29) is 16.3 Å². The van der Waals surface area contributed by atoms with Gasteiger partial charge in [-0.1, -0.05) is 54.6 Å². The zero-order chi connectivity index (χ0) is 21.4. The average molecular weight is 505 g/mol. The second-order valence-corrected chi connectivity index (χ2v) is 10.8. The van der Waals surface area contributed by atoms with Crippen molar-refractivity contribution in [2.75, 3.05) is 0 Å². The summed E-state index contributed by atoms with van der Waals surface area (Å²) in [7, 11) is -7.77. The lowest BCUT2D eigenvalue weighted by Gasteiger charge is -2.13. The molecule has 1 aromatic heterocycles. The lowest BCUT2D eigenvalue weighted by atomic mass is 10.2. The lowest BCUT2D eigenvalue weighted by molar-refractivity contribution is 0.574. The van der Waals surface area contributed by atoms with Gasteiger partial charge in [0.1, 0.15) is 0 Å². The van der Waals surface area contributed by atoms with Gasteiger partial charge in [0.2, 0.25) is 10.0 Å². The van der Waals surface area contributed by atoms with Crippen LogP contribution in [0.1, 0.15) is 5.69 Å². The zero-order valence-corrected chi connectivity index (χ0v) is 18.8. The summed E-state index contributed by atoms with van der Waals surface area (Å²) in [6, 6.07) is 23.0. The number of nitrogens with one attached hydrogen (secondary N) is 1. The maximum atomic E-state index is 13.4. The Morgan fingerprint density at radius 3 is 1.90 bits per heavy atom. The number of benzene rings is 3. The third-order valence-electron chi connectivity index (χ3n) is 4.62. The molecule has 9 heteroatoms. The number of halogens is 1. The van der Waals surface area contributed by atoms with Crippen molar-refractivity contribution in [3.8, 4) is 0 Å². The van der Waals surface area contributed by atoms with Crippen LogP contribution in [0.3, 0.4) is 0 Å². The largest absolute Gasteiger partial charge is 0.268 e. The molecular weight excluding hydrogens is 488 g/mol. The van der Waals surface area contributed by atoms with Crippen LogP contribution < -0.4 is 4.72 Å². The van der Waals surface area contributed by atoms with Crippen LogP contribution >= 0.6 is 15.9 Å². The smallest absolute Gasteiger partial charge is 0.235 e. The van der Waals surface area contributed by atoms with E-state index in [1.165, 1.54) is 28.2 Å². The van der Waals surface area contributed by atoms with Crippen molar-refractivity contribution in [2.24, 2.45) is 0 Å². The topological polar surface area (TPSA) is 85.2 Å². The SMILES string of the molecule is O=S(=O)(NCc1c(Br)c2ccccc2n1S(=O)(=O)c1ccccc1)c1ccccc1. The zero-order valence-electron chi connectivity index (χ0n) is 15.6. The van der Waals surface area contributed by atoms with E-state index in [1.54, 1.807) is 60.7 Å². The summed E-state index contributed by atoms with van der Waals surface area (Å²) in [5, 5.41) is 0.672. The minimum Gasteiger partial charge on any atom is -0.235 e. The van der Waals surface area contributed by atoms with Crippen LogP contribution in [0.15, 0.2) is 99.2 Å². The van der Waals surface area contributed by atoms with Crippen LogP contribution in [0.2, 0.25) is 0 Å². The highest BCUT2D eigenvalue weighted by Gasteiger charge is 2.27. The lowest BCUT2D eigenvalue weighted by Crippen LogP contribution is -2.26. The number of nitrogens with zero attached hydrogens (tertiary/aromatic N) is 1. The van der Waals surface area contributed by atoms with Crippen LogP contribution in [0.25, 0.3) is 10.9 Å². The molecule has 4 rings (SSSR count). The first-order valence-corrected chi connectivity index (χ1v) is 12.7. The molecule has 0 radical (unpaired) electrons. The molecule has 4 aromatic rings. The summed E-state index contributed by atoms with van der Waals surface area (Å²) >= 11 is 3.47. The Balaban J connectivity index is 1.85. The quantitative estimate of drug-likeness (QED) is 0.427. The van der Waals surface area contributed by atoms with Gasteiger partial charge in [0.25, 0.3) is 10.0 Å². The number of sulfonamides is 1. The Bertz CT molecular complexity index is 1420. The molecule has 0 aliphatic rings. The van der Waals surface area contributed by atoms with E-state index in [0.717, 1.165) is 0 Å². The number of fused-ring (bicyclic) bond motifs is 1. The molecule has 0 amide bonds. The van der Waals surface area contributed by atoms with E-state index >= 15 is 0 Å². The van der Waals surface area contributed by atoms with Crippen molar-refractivity contribution in [1.29, 1.82) is 0 Å². The van der Waals surface area contributed by atoms with Gasteiger partial charge in [0.05, 0.1) is 27.5 Å².